The Morgan fingerprint density at radius 3 is 2.88 bits per heavy atom. The SMILES string of the molecule is CCCCNC(=O)NCc1cccc(F)c1. The zero-order valence-electron chi connectivity index (χ0n) is 9.42. The lowest BCUT2D eigenvalue weighted by Crippen LogP contribution is -2.35. The van der Waals surface area contributed by atoms with Gasteiger partial charge >= 0.3 is 6.03 Å². The maximum absolute atomic E-state index is 12.8. The Balaban J connectivity index is 2.26. The number of hydrogen-bond donors (Lipinski definition) is 2. The lowest BCUT2D eigenvalue weighted by Gasteiger charge is -2.07. The third-order valence-corrected chi connectivity index (χ3v) is 2.16. The van der Waals surface area contributed by atoms with Gasteiger partial charge in [-0.05, 0) is 24.1 Å². The highest BCUT2D eigenvalue weighted by molar-refractivity contribution is 5.73. The summed E-state index contributed by atoms with van der Waals surface area (Å²) in [6.07, 6.45) is 2.01. The molecule has 1 aromatic carbocycles. The smallest absolute Gasteiger partial charge is 0.315 e. The van der Waals surface area contributed by atoms with Crippen molar-refractivity contribution < 1.29 is 9.18 Å². The molecule has 0 saturated heterocycles. The first-order chi connectivity index (χ1) is 7.72. The van der Waals surface area contributed by atoms with Gasteiger partial charge in [-0.1, -0.05) is 25.5 Å². The second-order valence-electron chi connectivity index (χ2n) is 3.59. The minimum absolute atomic E-state index is 0.210. The highest BCUT2D eigenvalue weighted by Crippen LogP contribution is 2.02. The van der Waals surface area contributed by atoms with Crippen molar-refractivity contribution in [1.82, 2.24) is 10.6 Å². The third kappa shape index (κ3) is 4.77. The number of nitrogens with one attached hydrogen (secondary N) is 2. The zero-order chi connectivity index (χ0) is 11.8. The molecular formula is C12H17FN2O. The van der Waals surface area contributed by atoms with Crippen LogP contribution >= 0.6 is 0 Å². The average molecular weight is 224 g/mol. The number of hydrogen-bond acceptors (Lipinski definition) is 1. The molecule has 0 bridgehead atoms. The summed E-state index contributed by atoms with van der Waals surface area (Å²) >= 11 is 0. The first-order valence-corrected chi connectivity index (χ1v) is 5.48. The summed E-state index contributed by atoms with van der Waals surface area (Å²) in [6.45, 7) is 3.08. The van der Waals surface area contributed by atoms with Gasteiger partial charge in [0.05, 0.1) is 0 Å². The van der Waals surface area contributed by atoms with Crippen molar-refractivity contribution in [1.29, 1.82) is 0 Å². The molecule has 0 heterocycles. The number of unbranched alkanes of at least 4 members (excludes halogenated alkanes) is 1. The Labute approximate surface area is 95.0 Å². The second-order valence-corrected chi connectivity index (χ2v) is 3.59. The van der Waals surface area contributed by atoms with E-state index in [2.05, 4.69) is 17.6 Å². The topological polar surface area (TPSA) is 41.1 Å². The fraction of sp³-hybridized carbons (Fsp3) is 0.417. The number of carbonyl (C=O) groups excluding carboxylic acids is 1. The highest BCUT2D eigenvalue weighted by Gasteiger charge is 1.99. The number of benzene rings is 1. The minimum Gasteiger partial charge on any atom is -0.338 e. The maximum Gasteiger partial charge on any atom is 0.315 e. The highest BCUT2D eigenvalue weighted by atomic mass is 19.1. The van der Waals surface area contributed by atoms with Crippen LogP contribution in [0.5, 0.6) is 0 Å². The third-order valence-electron chi connectivity index (χ3n) is 2.16. The van der Waals surface area contributed by atoms with Crippen LogP contribution in [0.25, 0.3) is 0 Å². The van der Waals surface area contributed by atoms with Crippen molar-refractivity contribution in [3.8, 4) is 0 Å². The van der Waals surface area contributed by atoms with Crippen LogP contribution < -0.4 is 10.6 Å². The molecule has 0 aliphatic carbocycles. The summed E-state index contributed by atoms with van der Waals surface area (Å²) < 4.78 is 12.8. The van der Waals surface area contributed by atoms with E-state index in [0.29, 0.717) is 13.1 Å². The number of halogens is 1. The van der Waals surface area contributed by atoms with E-state index in [1.54, 1.807) is 12.1 Å². The molecule has 1 aromatic rings. The monoisotopic (exact) mass is 224 g/mol. The molecule has 0 spiro atoms. The van der Waals surface area contributed by atoms with Gasteiger partial charge < -0.3 is 10.6 Å². The van der Waals surface area contributed by atoms with E-state index >= 15 is 0 Å². The van der Waals surface area contributed by atoms with Gasteiger partial charge in [0.2, 0.25) is 0 Å². The lowest BCUT2D eigenvalue weighted by molar-refractivity contribution is 0.240. The number of amides is 2. The Hall–Kier alpha value is -1.58. The number of rotatable bonds is 5. The van der Waals surface area contributed by atoms with E-state index in [4.69, 9.17) is 0 Å². The van der Waals surface area contributed by atoms with Crippen LogP contribution in [0.4, 0.5) is 9.18 Å². The van der Waals surface area contributed by atoms with E-state index in [1.807, 2.05) is 0 Å². The molecular weight excluding hydrogens is 207 g/mol. The summed E-state index contributed by atoms with van der Waals surface area (Å²) in [6, 6.07) is 5.98. The Morgan fingerprint density at radius 1 is 1.38 bits per heavy atom. The van der Waals surface area contributed by atoms with E-state index in [9.17, 15) is 9.18 Å². The zero-order valence-corrected chi connectivity index (χ0v) is 9.42. The molecule has 3 nitrogen and oxygen atoms in total. The van der Waals surface area contributed by atoms with Crippen molar-refractivity contribution in [3.63, 3.8) is 0 Å². The van der Waals surface area contributed by atoms with Gasteiger partial charge in [-0.3, -0.25) is 0 Å². The molecule has 0 fully saturated rings. The van der Waals surface area contributed by atoms with Crippen LogP contribution in [-0.4, -0.2) is 12.6 Å². The molecule has 0 atom stereocenters. The van der Waals surface area contributed by atoms with Gasteiger partial charge in [-0.15, -0.1) is 0 Å². The van der Waals surface area contributed by atoms with Crippen LogP contribution in [0, 0.1) is 5.82 Å². The average Bonchev–Trinajstić information content (AvgIpc) is 2.27. The largest absolute Gasteiger partial charge is 0.338 e. The van der Waals surface area contributed by atoms with Gasteiger partial charge in [0.15, 0.2) is 0 Å². The molecule has 88 valence electrons. The van der Waals surface area contributed by atoms with Crippen LogP contribution in [0.3, 0.4) is 0 Å². The quantitative estimate of drug-likeness (QED) is 0.741. The van der Waals surface area contributed by atoms with Crippen LogP contribution in [0.2, 0.25) is 0 Å². The predicted molar refractivity (Wildman–Crippen MR) is 61.5 cm³/mol. The molecule has 0 aromatic heterocycles. The fourth-order valence-electron chi connectivity index (χ4n) is 1.27. The van der Waals surface area contributed by atoms with Crippen LogP contribution in [-0.2, 0) is 6.54 Å². The standard InChI is InChI=1S/C12H17FN2O/c1-2-3-7-14-12(16)15-9-10-5-4-6-11(13)8-10/h4-6,8H,2-3,7,9H2,1H3,(H2,14,15,16). The predicted octanol–water partition coefficient (Wildman–Crippen LogP) is 2.43. The Bertz CT molecular complexity index is 342. The van der Waals surface area contributed by atoms with Crippen LogP contribution in [0.15, 0.2) is 24.3 Å². The van der Waals surface area contributed by atoms with E-state index in [-0.39, 0.29) is 11.8 Å². The molecule has 0 saturated carbocycles. The summed E-state index contributed by atoms with van der Waals surface area (Å²) in [4.78, 5) is 11.3. The summed E-state index contributed by atoms with van der Waals surface area (Å²) in [5, 5.41) is 5.39. The maximum atomic E-state index is 12.8. The molecule has 0 radical (unpaired) electrons. The van der Waals surface area contributed by atoms with Gasteiger partial charge in [-0.25, -0.2) is 9.18 Å². The minimum atomic E-state index is -0.286. The van der Waals surface area contributed by atoms with Gasteiger partial charge in [0.1, 0.15) is 5.82 Å². The van der Waals surface area contributed by atoms with Crippen molar-refractivity contribution in [2.75, 3.05) is 6.54 Å². The second kappa shape index (κ2) is 6.82. The van der Waals surface area contributed by atoms with Gasteiger partial charge in [0, 0.05) is 13.1 Å². The molecule has 0 unspecified atom stereocenters. The molecule has 16 heavy (non-hydrogen) atoms. The first kappa shape index (κ1) is 12.5. The van der Waals surface area contributed by atoms with E-state index < -0.39 is 0 Å². The molecule has 2 N–H and O–H groups in total. The Morgan fingerprint density at radius 2 is 2.19 bits per heavy atom. The van der Waals surface area contributed by atoms with Crippen molar-refractivity contribution in [3.05, 3.63) is 35.6 Å². The normalized spacial score (nSPS) is 9.88. The first-order valence-electron chi connectivity index (χ1n) is 5.48. The number of urea groups is 1. The van der Waals surface area contributed by atoms with Crippen molar-refractivity contribution in [2.24, 2.45) is 0 Å². The van der Waals surface area contributed by atoms with Crippen LogP contribution in [0.1, 0.15) is 25.3 Å². The molecule has 0 aliphatic heterocycles. The molecule has 2 amide bonds. The van der Waals surface area contributed by atoms with Gasteiger partial charge in [-0.2, -0.15) is 0 Å². The van der Waals surface area contributed by atoms with E-state index in [0.717, 1.165) is 18.4 Å². The Kier molecular flexibility index (Phi) is 5.32. The van der Waals surface area contributed by atoms with E-state index in [1.165, 1.54) is 12.1 Å². The summed E-state index contributed by atoms with van der Waals surface area (Å²) in [7, 11) is 0. The van der Waals surface area contributed by atoms with Crippen molar-refractivity contribution >= 4 is 6.03 Å². The number of carbonyl (C=O) groups is 1. The fourth-order valence-corrected chi connectivity index (χ4v) is 1.27. The lowest BCUT2D eigenvalue weighted by atomic mass is 10.2. The molecule has 0 aliphatic rings. The summed E-state index contributed by atoms with van der Waals surface area (Å²) in [5.74, 6) is -0.286. The molecule has 4 heteroatoms. The van der Waals surface area contributed by atoms with Crippen molar-refractivity contribution in [2.45, 2.75) is 26.3 Å². The summed E-state index contributed by atoms with van der Waals surface area (Å²) in [5.41, 5.74) is 0.755. The van der Waals surface area contributed by atoms with Gasteiger partial charge in [0.25, 0.3) is 0 Å². The molecule has 1 rings (SSSR count).